The first-order valence-electron chi connectivity index (χ1n) is 6.32. The van der Waals surface area contributed by atoms with Gasteiger partial charge in [-0.3, -0.25) is 20.2 Å². The fourth-order valence-corrected chi connectivity index (χ4v) is 2.60. The average molecular weight is 361 g/mol. The molecule has 2 rings (SSSR count). The molecule has 2 aromatic rings. The number of carbonyl (C=O) groups excluding carboxylic acids is 1. The Bertz CT molecular complexity index is 806. The highest BCUT2D eigenvalue weighted by Crippen LogP contribution is 2.35. The number of thiazole rings is 1. The summed E-state index contributed by atoms with van der Waals surface area (Å²) < 4.78 is 38.8. The zero-order chi connectivity index (χ0) is 18.1. The highest BCUT2D eigenvalue weighted by molar-refractivity contribution is 7.13. The van der Waals surface area contributed by atoms with Crippen LogP contribution in [-0.2, 0) is 6.18 Å². The Hall–Kier alpha value is -2.76. The molecule has 0 atom stereocenters. The number of alkyl halides is 3. The smallest absolute Gasteiger partial charge is 0.373 e. The van der Waals surface area contributed by atoms with Crippen LogP contribution in [0.2, 0.25) is 0 Å². The third kappa shape index (κ3) is 3.59. The Labute approximate surface area is 136 Å². The second-order valence-electron chi connectivity index (χ2n) is 4.43. The van der Waals surface area contributed by atoms with E-state index >= 15 is 0 Å². The summed E-state index contributed by atoms with van der Waals surface area (Å²) in [5.41, 5.74) is -1.88. The monoisotopic (exact) mass is 361 g/mol. The van der Waals surface area contributed by atoms with Crippen LogP contribution in [0.25, 0.3) is 0 Å². The van der Waals surface area contributed by atoms with Crippen LogP contribution >= 0.6 is 11.3 Å². The molecule has 0 aliphatic carbocycles. The van der Waals surface area contributed by atoms with Gasteiger partial charge in [0.1, 0.15) is 10.7 Å². The van der Waals surface area contributed by atoms with Crippen molar-refractivity contribution in [1.82, 2.24) is 9.97 Å². The molecule has 0 radical (unpaired) electrons. The maximum atomic E-state index is 12.9. The zero-order valence-electron chi connectivity index (χ0n) is 12.3. The topological polar surface area (TPSA) is 110 Å². The second kappa shape index (κ2) is 6.39. The molecule has 128 valence electrons. The Morgan fingerprint density at radius 2 is 2.00 bits per heavy atom. The molecule has 0 aromatic carbocycles. The summed E-state index contributed by atoms with van der Waals surface area (Å²) in [7, 11) is 1.49. The number of anilines is 2. The van der Waals surface area contributed by atoms with E-state index in [2.05, 4.69) is 15.3 Å². The molecule has 0 unspecified atom stereocenters. The van der Waals surface area contributed by atoms with Crippen LogP contribution < -0.4 is 10.6 Å². The summed E-state index contributed by atoms with van der Waals surface area (Å²) in [6.45, 7) is 1.32. The van der Waals surface area contributed by atoms with Crippen LogP contribution in [0.1, 0.15) is 20.4 Å². The Balaban J connectivity index is 2.42. The third-order valence-electron chi connectivity index (χ3n) is 2.77. The second-order valence-corrected chi connectivity index (χ2v) is 5.64. The molecular weight excluding hydrogens is 351 g/mol. The quantitative estimate of drug-likeness (QED) is 0.640. The van der Waals surface area contributed by atoms with Gasteiger partial charge >= 0.3 is 11.9 Å². The number of aryl methyl sites for hydroxylation is 1. The number of hydrogen-bond acceptors (Lipinski definition) is 7. The maximum absolute atomic E-state index is 12.9. The summed E-state index contributed by atoms with van der Waals surface area (Å²) in [5.74, 6) is -1.43. The first-order chi connectivity index (χ1) is 11.1. The van der Waals surface area contributed by atoms with Gasteiger partial charge in [-0.15, -0.1) is 11.3 Å². The predicted octanol–water partition coefficient (Wildman–Crippen LogP) is 3.07. The predicted molar refractivity (Wildman–Crippen MR) is 80.2 cm³/mol. The lowest BCUT2D eigenvalue weighted by molar-refractivity contribution is -0.384. The van der Waals surface area contributed by atoms with Crippen molar-refractivity contribution in [3.05, 3.63) is 37.8 Å². The van der Waals surface area contributed by atoms with E-state index in [1.54, 1.807) is 0 Å². The van der Waals surface area contributed by atoms with E-state index in [9.17, 15) is 28.1 Å². The van der Waals surface area contributed by atoms with Crippen molar-refractivity contribution < 1.29 is 22.9 Å². The minimum Gasteiger partial charge on any atom is -0.373 e. The largest absolute Gasteiger partial charge is 0.435 e. The molecule has 0 aliphatic rings. The van der Waals surface area contributed by atoms with Gasteiger partial charge in [0.2, 0.25) is 5.82 Å². The van der Waals surface area contributed by atoms with Crippen LogP contribution in [0.5, 0.6) is 0 Å². The van der Waals surface area contributed by atoms with E-state index < -0.39 is 39.1 Å². The van der Waals surface area contributed by atoms with Crippen molar-refractivity contribution in [1.29, 1.82) is 0 Å². The van der Waals surface area contributed by atoms with E-state index in [1.807, 2.05) is 5.32 Å². The standard InChI is InChI=1S/C12H10F3N5O3S/c1-5-17-9(12(13,14)15)8(24-5)11(21)19-10-6(20(22)23)3-4-7(16-2)18-10/h3-4H,1-2H3,(H2,16,18,19,21). The van der Waals surface area contributed by atoms with Gasteiger partial charge in [-0.05, 0) is 13.0 Å². The SMILES string of the molecule is CNc1ccc([N+](=O)[O-])c(NC(=O)c2sc(C)nc2C(F)(F)F)n1. The highest BCUT2D eigenvalue weighted by Gasteiger charge is 2.39. The lowest BCUT2D eigenvalue weighted by Crippen LogP contribution is -2.18. The van der Waals surface area contributed by atoms with Gasteiger partial charge in [0, 0.05) is 13.1 Å². The number of amides is 1. The number of nitrogens with one attached hydrogen (secondary N) is 2. The van der Waals surface area contributed by atoms with Gasteiger partial charge < -0.3 is 5.32 Å². The number of halogens is 3. The number of nitro groups is 1. The molecule has 24 heavy (non-hydrogen) atoms. The number of rotatable bonds is 4. The number of aromatic nitrogens is 2. The minimum atomic E-state index is -4.82. The van der Waals surface area contributed by atoms with Crippen molar-refractivity contribution in [2.45, 2.75) is 13.1 Å². The van der Waals surface area contributed by atoms with Crippen molar-refractivity contribution in [2.75, 3.05) is 17.7 Å². The van der Waals surface area contributed by atoms with Crippen molar-refractivity contribution in [2.24, 2.45) is 0 Å². The van der Waals surface area contributed by atoms with Gasteiger partial charge in [-0.1, -0.05) is 0 Å². The summed E-state index contributed by atoms with van der Waals surface area (Å²) in [5, 5.41) is 15.7. The van der Waals surface area contributed by atoms with Gasteiger partial charge in [-0.25, -0.2) is 9.97 Å². The van der Waals surface area contributed by atoms with E-state index in [-0.39, 0.29) is 10.8 Å². The summed E-state index contributed by atoms with van der Waals surface area (Å²) in [6, 6.07) is 2.38. The summed E-state index contributed by atoms with van der Waals surface area (Å²) in [6.07, 6.45) is -4.82. The molecule has 0 spiro atoms. The molecular formula is C12H10F3N5O3S. The van der Waals surface area contributed by atoms with Crippen LogP contribution in [0, 0.1) is 17.0 Å². The lowest BCUT2D eigenvalue weighted by Gasteiger charge is -2.08. The molecule has 2 heterocycles. The van der Waals surface area contributed by atoms with Crippen LogP contribution in [0.3, 0.4) is 0 Å². The van der Waals surface area contributed by atoms with Gasteiger partial charge in [0.25, 0.3) is 5.91 Å². The van der Waals surface area contributed by atoms with Crippen molar-refractivity contribution >= 4 is 34.6 Å². The van der Waals surface area contributed by atoms with Gasteiger partial charge in [0.15, 0.2) is 5.69 Å². The number of hydrogen-bond donors (Lipinski definition) is 2. The Morgan fingerprint density at radius 1 is 1.33 bits per heavy atom. The van der Waals surface area contributed by atoms with E-state index in [0.717, 1.165) is 6.07 Å². The van der Waals surface area contributed by atoms with Crippen LogP contribution in [-0.4, -0.2) is 27.8 Å². The summed E-state index contributed by atoms with van der Waals surface area (Å²) in [4.78, 5) is 28.7. The number of pyridine rings is 1. The van der Waals surface area contributed by atoms with Crippen LogP contribution in [0.4, 0.5) is 30.5 Å². The van der Waals surface area contributed by atoms with Crippen molar-refractivity contribution in [3.63, 3.8) is 0 Å². The fourth-order valence-electron chi connectivity index (χ4n) is 1.77. The number of nitrogens with zero attached hydrogens (tertiary/aromatic N) is 3. The number of carbonyl (C=O) groups is 1. The molecule has 12 heteroatoms. The zero-order valence-corrected chi connectivity index (χ0v) is 13.1. The molecule has 0 fully saturated rings. The van der Waals surface area contributed by atoms with Gasteiger partial charge in [0.05, 0.1) is 9.93 Å². The van der Waals surface area contributed by atoms with Gasteiger partial charge in [-0.2, -0.15) is 13.2 Å². The molecule has 8 nitrogen and oxygen atoms in total. The fraction of sp³-hybridized carbons (Fsp3) is 0.250. The summed E-state index contributed by atoms with van der Waals surface area (Å²) >= 11 is 0.536. The van der Waals surface area contributed by atoms with Crippen LogP contribution in [0.15, 0.2) is 12.1 Å². The van der Waals surface area contributed by atoms with Crippen molar-refractivity contribution in [3.8, 4) is 0 Å². The molecule has 0 saturated heterocycles. The molecule has 1 amide bonds. The molecule has 2 N–H and O–H groups in total. The molecule has 2 aromatic heterocycles. The van der Waals surface area contributed by atoms with E-state index in [4.69, 9.17) is 0 Å². The molecule has 0 aliphatic heterocycles. The van der Waals surface area contributed by atoms with E-state index in [1.165, 1.54) is 20.0 Å². The highest BCUT2D eigenvalue weighted by atomic mass is 32.1. The first kappa shape index (κ1) is 17.6. The first-order valence-corrected chi connectivity index (χ1v) is 7.14. The lowest BCUT2D eigenvalue weighted by atomic mass is 10.3. The Morgan fingerprint density at radius 3 is 2.54 bits per heavy atom. The van der Waals surface area contributed by atoms with E-state index in [0.29, 0.717) is 11.3 Å². The molecule has 0 saturated carbocycles. The normalized spacial score (nSPS) is 11.2. The molecule has 0 bridgehead atoms. The Kier molecular flexibility index (Phi) is 4.68. The third-order valence-corrected chi connectivity index (χ3v) is 3.74. The average Bonchev–Trinajstić information content (AvgIpc) is 2.89. The maximum Gasteiger partial charge on any atom is 0.435 e. The minimum absolute atomic E-state index is 0.0407.